The van der Waals surface area contributed by atoms with Crippen LogP contribution in [0.3, 0.4) is 0 Å². The topological polar surface area (TPSA) is 41.6 Å². The maximum absolute atomic E-state index is 12.1. The minimum Gasteiger partial charge on any atom is -0.374 e. The van der Waals surface area contributed by atoms with Crippen LogP contribution < -0.4 is 5.32 Å². The average Bonchev–Trinajstić information content (AvgIpc) is 2.34. The average molecular weight is 266 g/mol. The summed E-state index contributed by atoms with van der Waals surface area (Å²) in [5.41, 5.74) is 0. The van der Waals surface area contributed by atoms with Crippen LogP contribution in [0.2, 0.25) is 0 Å². The van der Waals surface area contributed by atoms with Crippen molar-refractivity contribution in [3.8, 4) is 0 Å². The van der Waals surface area contributed by atoms with Gasteiger partial charge >= 0.3 is 12.2 Å². The van der Waals surface area contributed by atoms with Crippen molar-refractivity contribution < 1.29 is 22.7 Å². The minimum atomic E-state index is -4.37. The van der Waals surface area contributed by atoms with Gasteiger partial charge in [0, 0.05) is 6.54 Å². The lowest BCUT2D eigenvalue weighted by Gasteiger charge is -2.43. The van der Waals surface area contributed by atoms with E-state index in [1.54, 1.807) is 0 Å². The number of urea groups is 1. The summed E-state index contributed by atoms with van der Waals surface area (Å²) in [5, 5.41) is 1.93. The lowest BCUT2D eigenvalue weighted by atomic mass is 9.90. The molecule has 0 aromatic rings. The third-order valence-corrected chi connectivity index (χ3v) is 3.43. The van der Waals surface area contributed by atoms with Crippen molar-refractivity contribution in [2.45, 2.75) is 44.0 Å². The summed E-state index contributed by atoms with van der Waals surface area (Å²) >= 11 is 0. The maximum atomic E-state index is 12.1. The van der Waals surface area contributed by atoms with E-state index in [9.17, 15) is 18.0 Å². The van der Waals surface area contributed by atoms with Crippen molar-refractivity contribution in [1.82, 2.24) is 10.2 Å². The van der Waals surface area contributed by atoms with Gasteiger partial charge in [-0.25, -0.2) is 4.79 Å². The standard InChI is InChI=1S/C11H17F3N2O2/c12-11(13,14)7-15-10(17)16-5-6-18-9-4-2-1-3-8(9)16/h8-9H,1-7H2,(H,15,17). The molecule has 2 amide bonds. The molecule has 18 heavy (non-hydrogen) atoms. The zero-order chi connectivity index (χ0) is 13.2. The molecule has 0 aromatic heterocycles. The molecule has 2 rings (SSSR count). The number of hydrogen-bond donors (Lipinski definition) is 1. The summed E-state index contributed by atoms with van der Waals surface area (Å²) in [7, 11) is 0. The molecule has 0 spiro atoms. The lowest BCUT2D eigenvalue weighted by molar-refractivity contribution is -0.124. The molecule has 2 aliphatic rings. The SMILES string of the molecule is O=C(NCC(F)(F)F)N1CCOC2CCCCC21. The molecular formula is C11H17F3N2O2. The highest BCUT2D eigenvalue weighted by atomic mass is 19.4. The van der Waals surface area contributed by atoms with Crippen LogP contribution in [-0.2, 0) is 4.74 Å². The molecular weight excluding hydrogens is 249 g/mol. The van der Waals surface area contributed by atoms with E-state index in [0.717, 1.165) is 25.7 Å². The highest BCUT2D eigenvalue weighted by molar-refractivity contribution is 5.74. The Hall–Kier alpha value is -0.980. The number of halogens is 3. The monoisotopic (exact) mass is 266 g/mol. The summed E-state index contributed by atoms with van der Waals surface area (Å²) < 4.78 is 41.7. The van der Waals surface area contributed by atoms with Crippen molar-refractivity contribution in [2.24, 2.45) is 0 Å². The number of hydrogen-bond acceptors (Lipinski definition) is 2. The fourth-order valence-electron chi connectivity index (χ4n) is 2.63. The smallest absolute Gasteiger partial charge is 0.374 e. The van der Waals surface area contributed by atoms with Gasteiger partial charge in [0.1, 0.15) is 6.54 Å². The van der Waals surface area contributed by atoms with Crippen molar-refractivity contribution in [1.29, 1.82) is 0 Å². The quantitative estimate of drug-likeness (QED) is 0.787. The van der Waals surface area contributed by atoms with Gasteiger partial charge in [0.25, 0.3) is 0 Å². The van der Waals surface area contributed by atoms with Gasteiger partial charge in [-0.05, 0) is 12.8 Å². The first kappa shape index (κ1) is 13.5. The summed E-state index contributed by atoms with van der Waals surface area (Å²) in [5.74, 6) is 0. The van der Waals surface area contributed by atoms with Gasteiger partial charge in [0.15, 0.2) is 0 Å². The van der Waals surface area contributed by atoms with E-state index in [4.69, 9.17) is 4.74 Å². The number of nitrogens with one attached hydrogen (secondary N) is 1. The van der Waals surface area contributed by atoms with Gasteiger partial charge < -0.3 is 15.0 Å². The summed E-state index contributed by atoms with van der Waals surface area (Å²) in [4.78, 5) is 13.3. The fraction of sp³-hybridized carbons (Fsp3) is 0.909. The van der Waals surface area contributed by atoms with Crippen LogP contribution in [0, 0.1) is 0 Å². The predicted molar refractivity (Wildman–Crippen MR) is 58.2 cm³/mol. The Morgan fingerprint density at radius 3 is 2.78 bits per heavy atom. The second-order valence-corrected chi connectivity index (χ2v) is 4.73. The van der Waals surface area contributed by atoms with Gasteiger partial charge in [-0.3, -0.25) is 0 Å². The molecule has 0 radical (unpaired) electrons. The van der Waals surface area contributed by atoms with Crippen LogP contribution in [0.1, 0.15) is 25.7 Å². The minimum absolute atomic E-state index is 0.0101. The Balaban J connectivity index is 1.91. The molecule has 1 saturated heterocycles. The van der Waals surface area contributed by atoms with E-state index in [1.165, 1.54) is 4.90 Å². The molecule has 2 fully saturated rings. The molecule has 4 nitrogen and oxygen atoms in total. The number of morpholine rings is 1. The highest BCUT2D eigenvalue weighted by Crippen LogP contribution is 2.28. The number of alkyl halides is 3. The van der Waals surface area contributed by atoms with Crippen LogP contribution in [0.5, 0.6) is 0 Å². The maximum Gasteiger partial charge on any atom is 0.405 e. The van der Waals surface area contributed by atoms with Crippen molar-refractivity contribution >= 4 is 6.03 Å². The van der Waals surface area contributed by atoms with Crippen molar-refractivity contribution in [2.75, 3.05) is 19.7 Å². The zero-order valence-electron chi connectivity index (χ0n) is 10.0. The molecule has 1 saturated carbocycles. The third kappa shape index (κ3) is 3.28. The Kier molecular flexibility index (Phi) is 3.99. The number of ether oxygens (including phenoxy) is 1. The van der Waals surface area contributed by atoms with Gasteiger partial charge in [0.2, 0.25) is 0 Å². The van der Waals surface area contributed by atoms with Gasteiger partial charge in [-0.2, -0.15) is 13.2 Å². The molecule has 104 valence electrons. The zero-order valence-corrected chi connectivity index (χ0v) is 10.0. The molecule has 0 aromatic carbocycles. The second-order valence-electron chi connectivity index (χ2n) is 4.73. The van der Waals surface area contributed by atoms with Crippen LogP contribution in [0.4, 0.5) is 18.0 Å². The normalized spacial score (nSPS) is 28.7. The number of amides is 2. The van der Waals surface area contributed by atoms with Crippen LogP contribution >= 0.6 is 0 Å². The summed E-state index contributed by atoms with van der Waals surface area (Å²) in [6.07, 6.45) is -0.637. The van der Waals surface area contributed by atoms with Crippen LogP contribution in [0.25, 0.3) is 0 Å². The van der Waals surface area contributed by atoms with E-state index in [2.05, 4.69) is 0 Å². The number of nitrogens with zero attached hydrogens (tertiary/aromatic N) is 1. The predicted octanol–water partition coefficient (Wildman–Crippen LogP) is 1.90. The van der Waals surface area contributed by atoms with Gasteiger partial charge in [0.05, 0.1) is 18.8 Å². The Morgan fingerprint density at radius 2 is 2.06 bits per heavy atom. The first-order valence-electron chi connectivity index (χ1n) is 6.20. The van der Waals surface area contributed by atoms with Crippen LogP contribution in [-0.4, -0.2) is 48.9 Å². The number of carbonyl (C=O) groups is 1. The molecule has 0 bridgehead atoms. The van der Waals surface area contributed by atoms with Crippen molar-refractivity contribution in [3.05, 3.63) is 0 Å². The third-order valence-electron chi connectivity index (χ3n) is 3.43. The Bertz CT molecular complexity index is 307. The number of fused-ring (bicyclic) bond motifs is 1. The molecule has 2 unspecified atom stereocenters. The first-order chi connectivity index (χ1) is 8.47. The molecule has 1 N–H and O–H groups in total. The molecule has 7 heteroatoms. The second kappa shape index (κ2) is 5.34. The Morgan fingerprint density at radius 1 is 1.33 bits per heavy atom. The number of rotatable bonds is 1. The van der Waals surface area contributed by atoms with E-state index < -0.39 is 18.8 Å². The molecule has 1 aliphatic heterocycles. The van der Waals surface area contributed by atoms with E-state index in [0.29, 0.717) is 13.2 Å². The Labute approximate surface area is 103 Å². The largest absolute Gasteiger partial charge is 0.405 e. The summed E-state index contributed by atoms with van der Waals surface area (Å²) in [6, 6.07) is -0.701. The van der Waals surface area contributed by atoms with E-state index in [1.807, 2.05) is 5.32 Å². The molecule has 2 atom stereocenters. The highest BCUT2D eigenvalue weighted by Gasteiger charge is 2.37. The fourth-order valence-corrected chi connectivity index (χ4v) is 2.63. The van der Waals surface area contributed by atoms with Gasteiger partial charge in [-0.15, -0.1) is 0 Å². The first-order valence-corrected chi connectivity index (χ1v) is 6.20. The van der Waals surface area contributed by atoms with Gasteiger partial charge in [-0.1, -0.05) is 12.8 Å². The van der Waals surface area contributed by atoms with E-state index in [-0.39, 0.29) is 12.1 Å². The van der Waals surface area contributed by atoms with E-state index >= 15 is 0 Å². The summed E-state index contributed by atoms with van der Waals surface area (Å²) in [6.45, 7) is -0.508. The number of carbonyl (C=O) groups excluding carboxylic acids is 1. The lowest BCUT2D eigenvalue weighted by Crippen LogP contribution is -2.58. The molecule has 1 heterocycles. The van der Waals surface area contributed by atoms with Crippen molar-refractivity contribution in [3.63, 3.8) is 0 Å². The van der Waals surface area contributed by atoms with Crippen LogP contribution in [0.15, 0.2) is 0 Å². The molecule has 1 aliphatic carbocycles.